The fourth-order valence-corrected chi connectivity index (χ4v) is 2.15. The summed E-state index contributed by atoms with van der Waals surface area (Å²) >= 11 is 0. The second-order valence-corrected chi connectivity index (χ2v) is 5.14. The van der Waals surface area contributed by atoms with Crippen LogP contribution in [0.25, 0.3) is 0 Å². The fourth-order valence-electron chi connectivity index (χ4n) is 2.15. The third kappa shape index (κ3) is 3.42. The molecule has 2 aromatic carbocycles. The number of hydrazine groups is 1. The number of Topliss-reactive ketones (excluding diaryl/α,β-unsaturated/α-hetero) is 2. The molecule has 0 fully saturated rings. The summed E-state index contributed by atoms with van der Waals surface area (Å²) in [5.41, 5.74) is 2.47. The first-order valence-electron chi connectivity index (χ1n) is 6.73. The Morgan fingerprint density at radius 1 is 0.952 bits per heavy atom. The highest BCUT2D eigenvalue weighted by molar-refractivity contribution is 6.07. The summed E-state index contributed by atoms with van der Waals surface area (Å²) in [5.74, 6) is 5.22. The number of nitrogens with two attached hydrogens (primary N) is 1. The third-order valence-corrected chi connectivity index (χ3v) is 3.47. The molecule has 0 saturated heterocycles. The van der Waals surface area contributed by atoms with Gasteiger partial charge in [0.15, 0.2) is 11.6 Å². The van der Waals surface area contributed by atoms with Gasteiger partial charge in [-0.1, -0.05) is 60.7 Å². The average molecular weight is 282 g/mol. The lowest BCUT2D eigenvalue weighted by molar-refractivity contribution is 0.0798. The standard InChI is InChI=1S/C17H18N2O2/c1-17(19-18,16(21)14-10-6-3-7-11-14)12-15(20)13-8-4-2-5-9-13/h2-11,19H,12,18H2,1H3. The van der Waals surface area contributed by atoms with Crippen molar-refractivity contribution in [3.05, 3.63) is 71.8 Å². The molecular formula is C17H18N2O2. The summed E-state index contributed by atoms with van der Waals surface area (Å²) in [6, 6.07) is 17.7. The molecule has 0 saturated carbocycles. The minimum atomic E-state index is -1.13. The Hall–Kier alpha value is -2.30. The van der Waals surface area contributed by atoms with Gasteiger partial charge in [0.2, 0.25) is 0 Å². The molecule has 0 aromatic heterocycles. The van der Waals surface area contributed by atoms with Crippen LogP contribution in [0.4, 0.5) is 0 Å². The normalized spacial score (nSPS) is 13.4. The maximum absolute atomic E-state index is 12.6. The van der Waals surface area contributed by atoms with Crippen LogP contribution in [0.5, 0.6) is 0 Å². The molecule has 0 bridgehead atoms. The quantitative estimate of drug-likeness (QED) is 0.484. The Kier molecular flexibility index (Phi) is 4.62. The fraction of sp³-hybridized carbons (Fsp3) is 0.176. The van der Waals surface area contributed by atoms with E-state index in [-0.39, 0.29) is 18.0 Å². The molecule has 4 nitrogen and oxygen atoms in total. The van der Waals surface area contributed by atoms with Gasteiger partial charge >= 0.3 is 0 Å². The minimum Gasteiger partial charge on any atom is -0.294 e. The van der Waals surface area contributed by atoms with Crippen LogP contribution in [-0.4, -0.2) is 17.1 Å². The third-order valence-electron chi connectivity index (χ3n) is 3.47. The number of nitrogens with one attached hydrogen (secondary N) is 1. The molecule has 3 N–H and O–H groups in total. The molecule has 2 rings (SSSR count). The number of carbonyl (C=O) groups excluding carboxylic acids is 2. The molecule has 4 heteroatoms. The van der Waals surface area contributed by atoms with Crippen molar-refractivity contribution in [3.63, 3.8) is 0 Å². The SMILES string of the molecule is CC(CC(=O)c1ccccc1)(NN)C(=O)c1ccccc1. The smallest absolute Gasteiger partial charge is 0.184 e. The van der Waals surface area contributed by atoms with Gasteiger partial charge in [-0.25, -0.2) is 5.43 Å². The Morgan fingerprint density at radius 3 is 1.90 bits per heavy atom. The number of benzene rings is 2. The maximum atomic E-state index is 12.6. The van der Waals surface area contributed by atoms with Crippen molar-refractivity contribution >= 4 is 11.6 Å². The Labute approximate surface area is 123 Å². The lowest BCUT2D eigenvalue weighted by Crippen LogP contribution is -2.54. The average Bonchev–Trinajstić information content (AvgIpc) is 2.55. The van der Waals surface area contributed by atoms with Gasteiger partial charge in [-0.15, -0.1) is 0 Å². The highest BCUT2D eigenvalue weighted by Gasteiger charge is 2.35. The van der Waals surface area contributed by atoms with Crippen molar-refractivity contribution in [3.8, 4) is 0 Å². The topological polar surface area (TPSA) is 72.2 Å². The van der Waals surface area contributed by atoms with E-state index in [1.165, 1.54) is 0 Å². The first-order chi connectivity index (χ1) is 10.1. The van der Waals surface area contributed by atoms with Crippen LogP contribution in [0, 0.1) is 0 Å². The molecule has 108 valence electrons. The molecule has 0 aliphatic carbocycles. The second kappa shape index (κ2) is 6.43. The van der Waals surface area contributed by atoms with E-state index in [4.69, 9.17) is 5.84 Å². The van der Waals surface area contributed by atoms with E-state index >= 15 is 0 Å². The summed E-state index contributed by atoms with van der Waals surface area (Å²) in [6.45, 7) is 1.64. The monoisotopic (exact) mass is 282 g/mol. The van der Waals surface area contributed by atoms with Crippen LogP contribution in [0.15, 0.2) is 60.7 Å². The van der Waals surface area contributed by atoms with E-state index in [0.29, 0.717) is 11.1 Å². The molecule has 2 aromatic rings. The molecule has 0 spiro atoms. The number of carbonyl (C=O) groups is 2. The van der Waals surface area contributed by atoms with Gasteiger partial charge in [0.1, 0.15) is 0 Å². The maximum Gasteiger partial charge on any atom is 0.184 e. The highest BCUT2D eigenvalue weighted by Crippen LogP contribution is 2.19. The van der Waals surface area contributed by atoms with Crippen molar-refractivity contribution in [2.24, 2.45) is 5.84 Å². The first kappa shape index (κ1) is 15.1. The molecular weight excluding hydrogens is 264 g/mol. The van der Waals surface area contributed by atoms with Crippen molar-refractivity contribution in [1.82, 2.24) is 5.43 Å². The molecule has 1 unspecified atom stereocenters. The summed E-state index contributed by atoms with van der Waals surface area (Å²) in [4.78, 5) is 24.9. The van der Waals surface area contributed by atoms with Crippen LogP contribution in [-0.2, 0) is 0 Å². The van der Waals surface area contributed by atoms with Crippen LogP contribution in [0.1, 0.15) is 34.1 Å². The van der Waals surface area contributed by atoms with Gasteiger partial charge in [-0.3, -0.25) is 15.4 Å². The van der Waals surface area contributed by atoms with Gasteiger partial charge in [0, 0.05) is 17.5 Å². The van der Waals surface area contributed by atoms with Gasteiger partial charge in [0.25, 0.3) is 0 Å². The van der Waals surface area contributed by atoms with Crippen LogP contribution in [0.2, 0.25) is 0 Å². The van der Waals surface area contributed by atoms with Crippen LogP contribution in [0.3, 0.4) is 0 Å². The Morgan fingerprint density at radius 2 is 1.43 bits per heavy atom. The summed E-state index contributed by atoms with van der Waals surface area (Å²) in [6.07, 6.45) is 0.00123. The Bertz CT molecular complexity index is 626. The van der Waals surface area contributed by atoms with Crippen molar-refractivity contribution in [1.29, 1.82) is 0 Å². The molecule has 21 heavy (non-hydrogen) atoms. The number of hydrogen-bond acceptors (Lipinski definition) is 4. The van der Waals surface area contributed by atoms with E-state index in [9.17, 15) is 9.59 Å². The van der Waals surface area contributed by atoms with Gasteiger partial charge < -0.3 is 0 Å². The minimum absolute atomic E-state index is 0.00123. The molecule has 0 heterocycles. The zero-order valence-corrected chi connectivity index (χ0v) is 11.9. The highest BCUT2D eigenvalue weighted by atomic mass is 16.1. The summed E-state index contributed by atoms with van der Waals surface area (Å²) in [5, 5.41) is 0. The molecule has 0 aliphatic rings. The van der Waals surface area contributed by atoms with E-state index in [0.717, 1.165) is 0 Å². The number of ketones is 2. The first-order valence-corrected chi connectivity index (χ1v) is 6.73. The number of rotatable bonds is 6. The van der Waals surface area contributed by atoms with E-state index in [1.807, 2.05) is 12.1 Å². The van der Waals surface area contributed by atoms with E-state index in [2.05, 4.69) is 5.43 Å². The molecule has 1 atom stereocenters. The zero-order valence-electron chi connectivity index (χ0n) is 11.9. The molecule has 0 radical (unpaired) electrons. The number of hydrogen-bond donors (Lipinski definition) is 2. The van der Waals surface area contributed by atoms with E-state index in [1.54, 1.807) is 55.5 Å². The second-order valence-electron chi connectivity index (χ2n) is 5.14. The van der Waals surface area contributed by atoms with Gasteiger partial charge in [-0.2, -0.15) is 0 Å². The van der Waals surface area contributed by atoms with Gasteiger partial charge in [-0.05, 0) is 6.92 Å². The van der Waals surface area contributed by atoms with Crippen molar-refractivity contribution in [2.45, 2.75) is 18.9 Å². The lowest BCUT2D eigenvalue weighted by Gasteiger charge is -2.26. The van der Waals surface area contributed by atoms with Crippen molar-refractivity contribution in [2.75, 3.05) is 0 Å². The summed E-state index contributed by atoms with van der Waals surface area (Å²) in [7, 11) is 0. The predicted molar refractivity (Wildman–Crippen MR) is 81.9 cm³/mol. The molecule has 0 aliphatic heterocycles. The largest absolute Gasteiger partial charge is 0.294 e. The van der Waals surface area contributed by atoms with Crippen LogP contribution < -0.4 is 11.3 Å². The predicted octanol–water partition coefficient (Wildman–Crippen LogP) is 2.36. The van der Waals surface area contributed by atoms with Crippen molar-refractivity contribution < 1.29 is 9.59 Å². The molecule has 0 amide bonds. The van der Waals surface area contributed by atoms with Gasteiger partial charge in [0.05, 0.1) is 5.54 Å². The zero-order chi connectivity index (χ0) is 15.3. The van der Waals surface area contributed by atoms with E-state index < -0.39 is 5.54 Å². The Balaban J connectivity index is 2.22. The van der Waals surface area contributed by atoms with Crippen LogP contribution >= 0.6 is 0 Å². The lowest BCUT2D eigenvalue weighted by atomic mass is 9.85. The summed E-state index contributed by atoms with van der Waals surface area (Å²) < 4.78 is 0.